The van der Waals surface area contributed by atoms with Crippen molar-refractivity contribution in [1.29, 1.82) is 0 Å². The van der Waals surface area contributed by atoms with E-state index in [0.717, 1.165) is 16.9 Å². The highest BCUT2D eigenvalue weighted by Crippen LogP contribution is 2.23. The van der Waals surface area contributed by atoms with Crippen molar-refractivity contribution in [3.8, 4) is 11.5 Å². The third kappa shape index (κ3) is 5.05. The molecule has 1 heterocycles. The highest BCUT2D eigenvalue weighted by Gasteiger charge is 2.15. The molecule has 0 aliphatic carbocycles. The molecule has 0 aliphatic rings. The third-order valence-electron chi connectivity index (χ3n) is 4.30. The van der Waals surface area contributed by atoms with Gasteiger partial charge >= 0.3 is 0 Å². The minimum Gasteiger partial charge on any atom is -0.496 e. The number of ether oxygens (including phenoxy) is 2. The number of aromatic nitrogens is 2. The van der Waals surface area contributed by atoms with Gasteiger partial charge in [0.1, 0.15) is 23.8 Å². The van der Waals surface area contributed by atoms with E-state index in [0.29, 0.717) is 12.4 Å². The fourth-order valence-electron chi connectivity index (χ4n) is 2.86. The fourth-order valence-corrected chi connectivity index (χ4v) is 2.86. The Balaban J connectivity index is 1.70. The molecule has 3 N–H and O–H groups in total. The van der Waals surface area contributed by atoms with Gasteiger partial charge in [0.2, 0.25) is 5.91 Å². The molecule has 0 saturated carbocycles. The second-order valence-corrected chi connectivity index (χ2v) is 6.39. The Bertz CT molecular complexity index is 1070. The van der Waals surface area contributed by atoms with Crippen LogP contribution >= 0.6 is 0 Å². The SMILES string of the molecule is COc1ccc(/C=C/C(=O)Nc2cnn(C)c2C(N)=O)cc1COc1ccccc1. The maximum absolute atomic E-state index is 12.3. The van der Waals surface area contributed by atoms with Gasteiger partial charge in [-0.25, -0.2) is 0 Å². The molecule has 0 unspecified atom stereocenters. The molecular weight excluding hydrogens is 384 g/mol. The Hall–Kier alpha value is -4.07. The van der Waals surface area contributed by atoms with Crippen molar-refractivity contribution < 1.29 is 19.1 Å². The number of benzene rings is 2. The molecule has 0 aliphatic heterocycles. The number of amides is 2. The smallest absolute Gasteiger partial charge is 0.269 e. The lowest BCUT2D eigenvalue weighted by Crippen LogP contribution is -2.19. The van der Waals surface area contributed by atoms with Gasteiger partial charge in [-0.1, -0.05) is 24.3 Å². The molecular formula is C22H22N4O4. The normalized spacial score (nSPS) is 10.7. The summed E-state index contributed by atoms with van der Waals surface area (Å²) < 4.78 is 12.5. The zero-order valence-corrected chi connectivity index (χ0v) is 16.7. The summed E-state index contributed by atoms with van der Waals surface area (Å²) in [7, 11) is 3.16. The number of nitrogens with one attached hydrogen (secondary N) is 1. The number of hydrogen-bond acceptors (Lipinski definition) is 5. The predicted molar refractivity (Wildman–Crippen MR) is 113 cm³/mol. The molecule has 3 rings (SSSR count). The Morgan fingerprint density at radius 2 is 1.97 bits per heavy atom. The van der Waals surface area contributed by atoms with Crippen molar-refractivity contribution in [2.45, 2.75) is 6.61 Å². The molecule has 8 heteroatoms. The lowest BCUT2D eigenvalue weighted by atomic mass is 10.1. The minimum absolute atomic E-state index is 0.126. The number of nitrogens with zero attached hydrogens (tertiary/aromatic N) is 2. The first kappa shape index (κ1) is 20.7. The van der Waals surface area contributed by atoms with Crippen molar-refractivity contribution in [3.63, 3.8) is 0 Å². The van der Waals surface area contributed by atoms with Crippen LogP contribution in [-0.2, 0) is 18.4 Å². The maximum Gasteiger partial charge on any atom is 0.269 e. The summed E-state index contributed by atoms with van der Waals surface area (Å²) in [6.45, 7) is 0.318. The number of aryl methyl sites for hydroxylation is 1. The Kier molecular flexibility index (Phi) is 6.49. The zero-order valence-electron chi connectivity index (χ0n) is 16.7. The van der Waals surface area contributed by atoms with Crippen molar-refractivity contribution in [1.82, 2.24) is 9.78 Å². The topological polar surface area (TPSA) is 108 Å². The highest BCUT2D eigenvalue weighted by atomic mass is 16.5. The standard InChI is InChI=1S/C22H22N4O4/c1-26-21(22(23)28)18(13-24-26)25-20(27)11-9-15-8-10-19(29-2)16(12-15)14-30-17-6-4-3-5-7-17/h3-13H,14H2,1-2H3,(H2,23,28)(H,25,27)/b11-9+. The molecule has 1 aromatic heterocycles. The van der Waals surface area contributed by atoms with Crippen molar-refractivity contribution in [3.05, 3.63) is 77.6 Å². The molecule has 8 nitrogen and oxygen atoms in total. The molecule has 30 heavy (non-hydrogen) atoms. The summed E-state index contributed by atoms with van der Waals surface area (Å²) in [5, 5.41) is 6.54. The number of hydrogen-bond donors (Lipinski definition) is 2. The lowest BCUT2D eigenvalue weighted by Gasteiger charge is -2.11. The lowest BCUT2D eigenvalue weighted by molar-refractivity contribution is -0.111. The Morgan fingerprint density at radius 3 is 2.67 bits per heavy atom. The third-order valence-corrected chi connectivity index (χ3v) is 4.30. The van der Waals surface area contributed by atoms with Gasteiger partial charge in [0, 0.05) is 18.7 Å². The van der Waals surface area contributed by atoms with E-state index in [1.165, 1.54) is 17.0 Å². The first-order chi connectivity index (χ1) is 14.5. The number of carbonyl (C=O) groups is 2. The van der Waals surface area contributed by atoms with E-state index in [9.17, 15) is 9.59 Å². The predicted octanol–water partition coefficient (Wildman–Crippen LogP) is 2.76. The van der Waals surface area contributed by atoms with Gasteiger partial charge in [0.15, 0.2) is 0 Å². The van der Waals surface area contributed by atoms with Crippen LogP contribution in [-0.4, -0.2) is 28.7 Å². The maximum atomic E-state index is 12.3. The van der Waals surface area contributed by atoms with Crippen LogP contribution in [0.5, 0.6) is 11.5 Å². The van der Waals surface area contributed by atoms with Crippen LogP contribution in [0.15, 0.2) is 60.8 Å². The van der Waals surface area contributed by atoms with E-state index in [4.69, 9.17) is 15.2 Å². The monoisotopic (exact) mass is 406 g/mol. The number of nitrogens with two attached hydrogens (primary N) is 1. The molecule has 154 valence electrons. The highest BCUT2D eigenvalue weighted by molar-refractivity contribution is 6.06. The van der Waals surface area contributed by atoms with Crippen LogP contribution in [0, 0.1) is 0 Å². The van der Waals surface area contributed by atoms with E-state index in [1.807, 2.05) is 48.5 Å². The summed E-state index contributed by atoms with van der Waals surface area (Å²) in [5.74, 6) is 0.353. The number of rotatable bonds is 8. The molecule has 2 aromatic carbocycles. The molecule has 3 aromatic rings. The van der Waals surface area contributed by atoms with E-state index < -0.39 is 11.8 Å². The van der Waals surface area contributed by atoms with Crippen LogP contribution < -0.4 is 20.5 Å². The van der Waals surface area contributed by atoms with E-state index >= 15 is 0 Å². The first-order valence-corrected chi connectivity index (χ1v) is 9.13. The Morgan fingerprint density at radius 1 is 1.20 bits per heavy atom. The number of primary amides is 1. The average Bonchev–Trinajstić information content (AvgIpc) is 3.11. The molecule has 0 atom stereocenters. The van der Waals surface area contributed by atoms with Crippen LogP contribution in [0.1, 0.15) is 21.6 Å². The van der Waals surface area contributed by atoms with E-state index in [2.05, 4.69) is 10.4 Å². The van der Waals surface area contributed by atoms with Crippen molar-refractivity contribution in [2.75, 3.05) is 12.4 Å². The fraction of sp³-hybridized carbons (Fsp3) is 0.136. The molecule has 2 amide bonds. The number of para-hydroxylation sites is 1. The van der Waals surface area contributed by atoms with E-state index in [-0.39, 0.29) is 11.4 Å². The summed E-state index contributed by atoms with van der Waals surface area (Å²) in [5.41, 5.74) is 7.34. The number of anilines is 1. The second-order valence-electron chi connectivity index (χ2n) is 6.39. The number of methoxy groups -OCH3 is 1. The van der Waals surface area contributed by atoms with Gasteiger partial charge in [-0.15, -0.1) is 0 Å². The summed E-state index contributed by atoms with van der Waals surface area (Å²) >= 11 is 0. The molecule has 0 saturated heterocycles. The molecule has 0 fully saturated rings. The average molecular weight is 406 g/mol. The second kappa shape index (κ2) is 9.42. The van der Waals surface area contributed by atoms with Crippen LogP contribution in [0.2, 0.25) is 0 Å². The number of carbonyl (C=O) groups excluding carboxylic acids is 2. The van der Waals surface area contributed by atoms with Crippen molar-refractivity contribution >= 4 is 23.6 Å². The van der Waals surface area contributed by atoms with Crippen LogP contribution in [0.4, 0.5) is 5.69 Å². The van der Waals surface area contributed by atoms with Gasteiger partial charge < -0.3 is 20.5 Å². The quantitative estimate of drug-likeness (QED) is 0.559. The van der Waals surface area contributed by atoms with Gasteiger partial charge in [-0.3, -0.25) is 14.3 Å². The van der Waals surface area contributed by atoms with Gasteiger partial charge in [-0.2, -0.15) is 5.10 Å². The van der Waals surface area contributed by atoms with E-state index in [1.54, 1.807) is 20.2 Å². The largest absolute Gasteiger partial charge is 0.496 e. The molecule has 0 spiro atoms. The van der Waals surface area contributed by atoms with Crippen LogP contribution in [0.3, 0.4) is 0 Å². The molecule has 0 bridgehead atoms. The summed E-state index contributed by atoms with van der Waals surface area (Å²) in [4.78, 5) is 23.7. The van der Waals surface area contributed by atoms with Gasteiger partial charge in [-0.05, 0) is 35.9 Å². The van der Waals surface area contributed by atoms with Crippen molar-refractivity contribution in [2.24, 2.45) is 12.8 Å². The summed E-state index contributed by atoms with van der Waals surface area (Å²) in [6, 6.07) is 15.0. The van der Waals surface area contributed by atoms with Crippen LogP contribution in [0.25, 0.3) is 6.08 Å². The first-order valence-electron chi connectivity index (χ1n) is 9.13. The zero-order chi connectivity index (χ0) is 21.5. The van der Waals surface area contributed by atoms with Gasteiger partial charge in [0.25, 0.3) is 5.91 Å². The van der Waals surface area contributed by atoms with Gasteiger partial charge in [0.05, 0.1) is 19.0 Å². The Labute approximate surface area is 173 Å². The molecule has 0 radical (unpaired) electrons. The summed E-state index contributed by atoms with van der Waals surface area (Å²) in [6.07, 6.45) is 4.39. The minimum atomic E-state index is -0.674.